The number of piperazine rings is 1. The molecule has 6 rings (SSSR count). The van der Waals surface area contributed by atoms with Gasteiger partial charge < -0.3 is 24.2 Å². The number of rotatable bonds is 7. The Hall–Kier alpha value is -3.01. The summed E-state index contributed by atoms with van der Waals surface area (Å²) in [6.07, 6.45) is 5.65. The van der Waals surface area contributed by atoms with Crippen LogP contribution >= 0.6 is 0 Å². The molecule has 2 N–H and O–H groups in total. The first-order valence-electron chi connectivity index (χ1n) is 16.1. The minimum absolute atomic E-state index is 0.0362. The van der Waals surface area contributed by atoms with Crippen LogP contribution < -0.4 is 20.3 Å². The standard InChI is InChI=1S/C33H47N7O4/c1-5-28(41)40-16-15-39(19-23(40)11-13-34)31-26-10-12-33(18-22-8-9-25(43-4)17-27(22)38(3)21-33)30(42)29(26)35-32(36-31)44-20-24-7-6-14-37(24)2/h5,8-9,17,23-24,26,29,31-32,35-36H,1,6-7,10-12,14-16,18-21H2,2-4H3/t23?,24?,26?,29?,31?,32?,33-/m0/s1. The number of ketones is 1. The van der Waals surface area contributed by atoms with E-state index < -0.39 is 11.8 Å². The van der Waals surface area contributed by atoms with Crippen LogP contribution in [-0.4, -0.2) is 118 Å². The molecule has 4 heterocycles. The number of carbonyl (C=O) groups is 2. The molecule has 0 radical (unpaired) electrons. The molecule has 1 saturated carbocycles. The molecule has 6 unspecified atom stereocenters. The summed E-state index contributed by atoms with van der Waals surface area (Å²) >= 11 is 0. The molecule has 11 heteroatoms. The number of methoxy groups -OCH3 is 1. The van der Waals surface area contributed by atoms with Crippen LogP contribution in [0.4, 0.5) is 5.69 Å². The van der Waals surface area contributed by atoms with Crippen LogP contribution in [0.1, 0.15) is 37.7 Å². The van der Waals surface area contributed by atoms with Gasteiger partial charge in [0.15, 0.2) is 12.1 Å². The molecule has 1 aromatic rings. The molecule has 4 aliphatic heterocycles. The number of likely N-dealkylation sites (tertiary alicyclic amines) is 1. The SMILES string of the molecule is C=CC(=O)N1CCN(C2NC(OCC3CCCN3C)NC3C(=O)[C@@]4(CCC32)Cc2ccc(OC)cc2N(C)C4)CC1CC#N. The lowest BCUT2D eigenvalue weighted by molar-refractivity contribution is -0.152. The Bertz CT molecular complexity index is 1300. The average Bonchev–Trinajstić information content (AvgIpc) is 3.45. The third-order valence-corrected chi connectivity index (χ3v) is 10.8. The van der Waals surface area contributed by atoms with E-state index in [-0.39, 0.29) is 42.3 Å². The third kappa shape index (κ3) is 5.74. The van der Waals surface area contributed by atoms with Gasteiger partial charge in [-0.2, -0.15) is 5.26 Å². The highest BCUT2D eigenvalue weighted by atomic mass is 16.5. The summed E-state index contributed by atoms with van der Waals surface area (Å²) in [5.41, 5.74) is 1.82. The van der Waals surface area contributed by atoms with Crippen molar-refractivity contribution in [1.29, 1.82) is 5.26 Å². The van der Waals surface area contributed by atoms with Gasteiger partial charge >= 0.3 is 0 Å². The van der Waals surface area contributed by atoms with Gasteiger partial charge in [-0.05, 0) is 63.4 Å². The van der Waals surface area contributed by atoms with E-state index in [0.29, 0.717) is 45.2 Å². The number of Topliss-reactive ketones (excluding diaryl/α,β-unsaturated/α-hetero) is 1. The summed E-state index contributed by atoms with van der Waals surface area (Å²) in [4.78, 5) is 36.0. The molecule has 44 heavy (non-hydrogen) atoms. The van der Waals surface area contributed by atoms with Crippen LogP contribution in [0.2, 0.25) is 0 Å². The van der Waals surface area contributed by atoms with E-state index in [1.165, 1.54) is 18.1 Å². The Labute approximate surface area is 261 Å². The first kappa shape index (κ1) is 31.0. The minimum atomic E-state index is -0.485. The zero-order valence-corrected chi connectivity index (χ0v) is 26.3. The van der Waals surface area contributed by atoms with Crippen molar-refractivity contribution in [2.75, 3.05) is 65.4 Å². The third-order valence-electron chi connectivity index (χ3n) is 10.8. The Balaban J connectivity index is 1.25. The molecular formula is C33H47N7O4. The fourth-order valence-electron chi connectivity index (χ4n) is 8.44. The van der Waals surface area contributed by atoms with Gasteiger partial charge in [0.2, 0.25) is 5.91 Å². The maximum absolute atomic E-state index is 14.7. The number of hydrogen-bond acceptors (Lipinski definition) is 10. The van der Waals surface area contributed by atoms with Crippen molar-refractivity contribution in [2.24, 2.45) is 11.3 Å². The van der Waals surface area contributed by atoms with Gasteiger partial charge in [0.25, 0.3) is 0 Å². The minimum Gasteiger partial charge on any atom is -0.497 e. The van der Waals surface area contributed by atoms with Crippen molar-refractivity contribution in [2.45, 2.75) is 69.2 Å². The summed E-state index contributed by atoms with van der Waals surface area (Å²) in [5.74, 6) is 0.974. The van der Waals surface area contributed by atoms with E-state index in [2.05, 4.69) is 64.2 Å². The molecule has 238 valence electrons. The highest BCUT2D eigenvalue weighted by molar-refractivity contribution is 5.93. The second-order valence-corrected chi connectivity index (χ2v) is 13.4. The average molecular weight is 606 g/mol. The van der Waals surface area contributed by atoms with Crippen molar-refractivity contribution in [3.05, 3.63) is 36.4 Å². The Morgan fingerprint density at radius 1 is 1.20 bits per heavy atom. The van der Waals surface area contributed by atoms with Crippen molar-refractivity contribution in [3.63, 3.8) is 0 Å². The lowest BCUT2D eigenvalue weighted by Gasteiger charge is -2.56. The van der Waals surface area contributed by atoms with Gasteiger partial charge in [-0.3, -0.25) is 25.1 Å². The predicted octanol–water partition coefficient (Wildman–Crippen LogP) is 1.55. The van der Waals surface area contributed by atoms with E-state index in [1.54, 1.807) is 12.0 Å². The number of ether oxygens (including phenoxy) is 2. The lowest BCUT2D eigenvalue weighted by Crippen LogP contribution is -2.75. The second kappa shape index (κ2) is 12.8. The van der Waals surface area contributed by atoms with Crippen LogP contribution in [-0.2, 0) is 20.7 Å². The normalized spacial score (nSPS) is 34.4. The summed E-state index contributed by atoms with van der Waals surface area (Å²) in [7, 11) is 5.89. The number of carbonyl (C=O) groups excluding carboxylic acids is 2. The van der Waals surface area contributed by atoms with E-state index in [1.807, 2.05) is 6.07 Å². The molecule has 5 aliphatic rings. The van der Waals surface area contributed by atoms with Crippen molar-refractivity contribution < 1.29 is 19.1 Å². The molecule has 1 aromatic carbocycles. The Morgan fingerprint density at radius 2 is 2.05 bits per heavy atom. The first-order chi connectivity index (χ1) is 21.3. The van der Waals surface area contributed by atoms with Crippen LogP contribution in [0.25, 0.3) is 0 Å². The highest BCUT2D eigenvalue weighted by Crippen LogP contribution is 2.47. The molecule has 4 fully saturated rings. The smallest absolute Gasteiger partial charge is 0.246 e. The van der Waals surface area contributed by atoms with E-state index in [0.717, 1.165) is 37.2 Å². The molecule has 1 amide bonds. The van der Waals surface area contributed by atoms with Gasteiger partial charge in [-0.25, -0.2) is 0 Å². The molecule has 11 nitrogen and oxygen atoms in total. The number of hydrogen-bond donors (Lipinski definition) is 2. The largest absolute Gasteiger partial charge is 0.497 e. The molecule has 1 spiro atoms. The number of nitrogens with zero attached hydrogens (tertiary/aromatic N) is 5. The van der Waals surface area contributed by atoms with Gasteiger partial charge in [-0.1, -0.05) is 12.6 Å². The monoisotopic (exact) mass is 605 g/mol. The van der Waals surface area contributed by atoms with Crippen molar-refractivity contribution in [3.8, 4) is 11.8 Å². The van der Waals surface area contributed by atoms with Crippen LogP contribution in [0, 0.1) is 22.7 Å². The number of amides is 1. The van der Waals surface area contributed by atoms with Gasteiger partial charge in [0, 0.05) is 56.9 Å². The second-order valence-electron chi connectivity index (χ2n) is 13.4. The number of fused-ring (bicyclic) bond motifs is 2. The fourth-order valence-corrected chi connectivity index (χ4v) is 8.44. The molecule has 0 bridgehead atoms. The summed E-state index contributed by atoms with van der Waals surface area (Å²) in [6, 6.07) is 8.19. The molecule has 3 saturated heterocycles. The number of nitriles is 1. The predicted molar refractivity (Wildman–Crippen MR) is 167 cm³/mol. The zero-order valence-electron chi connectivity index (χ0n) is 26.3. The zero-order chi connectivity index (χ0) is 31.0. The maximum atomic E-state index is 14.7. The van der Waals surface area contributed by atoms with Gasteiger partial charge in [0.05, 0.1) is 49.9 Å². The van der Waals surface area contributed by atoms with E-state index in [4.69, 9.17) is 9.47 Å². The lowest BCUT2D eigenvalue weighted by atomic mass is 9.61. The number of benzene rings is 1. The van der Waals surface area contributed by atoms with E-state index >= 15 is 0 Å². The molecule has 1 aliphatic carbocycles. The van der Waals surface area contributed by atoms with Gasteiger partial charge in [-0.15, -0.1) is 0 Å². The molecule has 0 aromatic heterocycles. The van der Waals surface area contributed by atoms with Gasteiger partial charge in [0.1, 0.15) is 5.75 Å². The Kier molecular flexibility index (Phi) is 9.00. The van der Waals surface area contributed by atoms with Crippen LogP contribution in [0.3, 0.4) is 0 Å². The number of nitrogens with one attached hydrogen (secondary N) is 2. The topological polar surface area (TPSA) is 113 Å². The summed E-state index contributed by atoms with van der Waals surface area (Å²) in [6.45, 7) is 7.71. The van der Waals surface area contributed by atoms with Crippen molar-refractivity contribution in [1.82, 2.24) is 25.3 Å². The maximum Gasteiger partial charge on any atom is 0.246 e. The highest BCUT2D eigenvalue weighted by Gasteiger charge is 2.56. The molecule has 7 atom stereocenters. The van der Waals surface area contributed by atoms with Crippen LogP contribution in [0.5, 0.6) is 5.75 Å². The first-order valence-corrected chi connectivity index (χ1v) is 16.1. The summed E-state index contributed by atoms with van der Waals surface area (Å²) < 4.78 is 12.0. The quantitative estimate of drug-likeness (QED) is 0.444. The Morgan fingerprint density at radius 3 is 2.77 bits per heavy atom. The number of likely N-dealkylation sites (N-methyl/N-ethyl adjacent to an activating group) is 1. The number of anilines is 1. The van der Waals surface area contributed by atoms with E-state index in [9.17, 15) is 14.9 Å². The molecular weight excluding hydrogens is 558 g/mol. The fraction of sp³-hybridized carbons (Fsp3) is 0.667. The summed E-state index contributed by atoms with van der Waals surface area (Å²) in [5, 5.41) is 16.9. The van der Waals surface area contributed by atoms with Crippen LogP contribution in [0.15, 0.2) is 30.9 Å². The van der Waals surface area contributed by atoms with Crippen molar-refractivity contribution >= 4 is 17.4 Å².